The number of amides is 2. The maximum absolute atomic E-state index is 12.9. The number of fused-ring (bicyclic) bond motifs is 1. The second kappa shape index (κ2) is 8.53. The van der Waals surface area contributed by atoms with E-state index in [2.05, 4.69) is 5.32 Å². The summed E-state index contributed by atoms with van der Waals surface area (Å²) in [7, 11) is 0. The van der Waals surface area contributed by atoms with Crippen molar-refractivity contribution in [1.82, 2.24) is 4.90 Å². The molecule has 0 unspecified atom stereocenters. The summed E-state index contributed by atoms with van der Waals surface area (Å²) in [6, 6.07) is 15.2. The minimum atomic E-state index is -0.644. The summed E-state index contributed by atoms with van der Waals surface area (Å²) in [6.07, 6.45) is -0.644. The van der Waals surface area contributed by atoms with Gasteiger partial charge in [0, 0.05) is 18.8 Å². The van der Waals surface area contributed by atoms with Crippen LogP contribution in [0.2, 0.25) is 0 Å². The fourth-order valence-electron chi connectivity index (χ4n) is 3.65. The lowest BCUT2D eigenvalue weighted by molar-refractivity contribution is -0.142. The molecule has 0 radical (unpaired) electrons. The number of rotatable bonds is 4. The molecule has 0 aliphatic carbocycles. The Hall–Kier alpha value is -3.06. The number of hydrogen-bond donors (Lipinski definition) is 1. The number of benzene rings is 2. The van der Waals surface area contributed by atoms with Crippen molar-refractivity contribution in [1.29, 1.82) is 0 Å². The quantitative estimate of drug-likeness (QED) is 0.858. The van der Waals surface area contributed by atoms with Gasteiger partial charge in [0.2, 0.25) is 5.91 Å². The fourth-order valence-corrected chi connectivity index (χ4v) is 3.65. The van der Waals surface area contributed by atoms with E-state index in [4.69, 9.17) is 9.47 Å². The molecule has 2 aromatic rings. The van der Waals surface area contributed by atoms with Gasteiger partial charge in [0.15, 0.2) is 6.10 Å². The Morgan fingerprint density at radius 1 is 1.07 bits per heavy atom. The lowest BCUT2D eigenvalue weighted by atomic mass is 10.1. The number of anilines is 2. The maximum atomic E-state index is 12.9. The van der Waals surface area contributed by atoms with Crippen LogP contribution in [0, 0.1) is 6.92 Å². The van der Waals surface area contributed by atoms with Crippen LogP contribution < -0.4 is 15.0 Å². The van der Waals surface area contributed by atoms with Gasteiger partial charge in [0.05, 0.1) is 32.0 Å². The van der Waals surface area contributed by atoms with Crippen LogP contribution in [0.5, 0.6) is 5.75 Å². The third-order valence-corrected chi connectivity index (χ3v) is 5.21. The smallest absolute Gasteiger partial charge is 0.265 e. The van der Waals surface area contributed by atoms with Gasteiger partial charge in [-0.2, -0.15) is 0 Å². The zero-order valence-electron chi connectivity index (χ0n) is 16.5. The molecule has 2 aromatic carbocycles. The molecule has 4 rings (SSSR count). The third kappa shape index (κ3) is 4.35. The highest BCUT2D eigenvalue weighted by Gasteiger charge is 2.34. The van der Waals surface area contributed by atoms with Crippen molar-refractivity contribution >= 4 is 23.2 Å². The lowest BCUT2D eigenvalue weighted by Crippen LogP contribution is -2.53. The van der Waals surface area contributed by atoms with Crippen molar-refractivity contribution in [3.63, 3.8) is 0 Å². The van der Waals surface area contributed by atoms with Gasteiger partial charge < -0.3 is 24.6 Å². The first-order valence-corrected chi connectivity index (χ1v) is 9.84. The van der Waals surface area contributed by atoms with E-state index in [1.54, 1.807) is 4.90 Å². The second-order valence-electron chi connectivity index (χ2n) is 7.26. The van der Waals surface area contributed by atoms with E-state index in [-0.39, 0.29) is 18.4 Å². The number of nitrogens with zero attached hydrogens (tertiary/aromatic N) is 2. The largest absolute Gasteiger partial charge is 0.477 e. The predicted octanol–water partition coefficient (Wildman–Crippen LogP) is 2.06. The molecule has 0 bridgehead atoms. The number of morpholine rings is 1. The minimum absolute atomic E-state index is 0.0629. The van der Waals surface area contributed by atoms with Crippen LogP contribution in [0.1, 0.15) is 5.56 Å². The molecule has 2 aliphatic rings. The lowest BCUT2D eigenvalue weighted by Gasteiger charge is -2.38. The van der Waals surface area contributed by atoms with Gasteiger partial charge >= 0.3 is 0 Å². The Balaban J connectivity index is 1.49. The van der Waals surface area contributed by atoms with E-state index in [0.29, 0.717) is 38.6 Å². The highest BCUT2D eigenvalue weighted by atomic mass is 16.5. The first-order chi connectivity index (χ1) is 14.1. The summed E-state index contributed by atoms with van der Waals surface area (Å²) in [4.78, 5) is 29.3. The fraction of sp³-hybridized carbons (Fsp3) is 0.364. The Labute approximate surface area is 170 Å². The van der Waals surface area contributed by atoms with Crippen molar-refractivity contribution in [3.8, 4) is 5.75 Å². The molecule has 29 heavy (non-hydrogen) atoms. The molecular formula is C22H25N3O4. The normalized spacial score (nSPS) is 18.6. The standard InChI is InChI=1S/C22H25N3O4/c1-16-6-2-3-7-17(16)23-21(26)15-25-14-20(22(27)24-10-12-28-13-11-24)29-19-9-5-4-8-18(19)25/h2-9,20H,10-15H2,1H3,(H,23,26)/t20-/m1/s1. The van der Waals surface area contributed by atoms with Crippen LogP contribution in [0.25, 0.3) is 0 Å². The third-order valence-electron chi connectivity index (χ3n) is 5.21. The van der Waals surface area contributed by atoms with E-state index in [9.17, 15) is 9.59 Å². The molecule has 1 atom stereocenters. The van der Waals surface area contributed by atoms with Gasteiger partial charge in [0.1, 0.15) is 5.75 Å². The average molecular weight is 395 g/mol. The summed E-state index contributed by atoms with van der Waals surface area (Å²) in [5.41, 5.74) is 2.61. The van der Waals surface area contributed by atoms with E-state index in [1.165, 1.54) is 0 Å². The van der Waals surface area contributed by atoms with E-state index < -0.39 is 6.10 Å². The van der Waals surface area contributed by atoms with E-state index >= 15 is 0 Å². The molecule has 1 saturated heterocycles. The predicted molar refractivity (Wildman–Crippen MR) is 110 cm³/mol. The van der Waals surface area contributed by atoms with Crippen LogP contribution in [0.3, 0.4) is 0 Å². The SMILES string of the molecule is Cc1ccccc1NC(=O)CN1C[C@H](C(=O)N2CCOCC2)Oc2ccccc21. The summed E-state index contributed by atoms with van der Waals surface area (Å²) >= 11 is 0. The van der Waals surface area contributed by atoms with Crippen molar-refractivity contribution in [3.05, 3.63) is 54.1 Å². The molecule has 0 spiro atoms. The number of ether oxygens (including phenoxy) is 2. The first kappa shape index (κ1) is 19.3. The Morgan fingerprint density at radius 2 is 1.79 bits per heavy atom. The molecular weight excluding hydrogens is 370 g/mol. The van der Waals surface area contributed by atoms with Crippen LogP contribution in [0.15, 0.2) is 48.5 Å². The summed E-state index contributed by atoms with van der Waals surface area (Å²) in [6.45, 7) is 4.63. The topological polar surface area (TPSA) is 71.1 Å². The van der Waals surface area contributed by atoms with Crippen molar-refractivity contribution < 1.29 is 19.1 Å². The number of carbonyl (C=O) groups excluding carboxylic acids is 2. The molecule has 7 nitrogen and oxygen atoms in total. The van der Waals surface area contributed by atoms with Gasteiger partial charge in [-0.15, -0.1) is 0 Å². The molecule has 2 aliphatic heterocycles. The molecule has 2 heterocycles. The highest BCUT2D eigenvalue weighted by molar-refractivity contribution is 5.95. The number of carbonyl (C=O) groups is 2. The summed E-state index contributed by atoms with van der Waals surface area (Å²) in [5.74, 6) is 0.426. The Morgan fingerprint density at radius 3 is 2.59 bits per heavy atom. The Bertz CT molecular complexity index is 895. The molecule has 0 aromatic heterocycles. The van der Waals surface area contributed by atoms with Gasteiger partial charge in [-0.3, -0.25) is 9.59 Å². The van der Waals surface area contributed by atoms with Gasteiger partial charge in [-0.05, 0) is 30.7 Å². The molecule has 0 saturated carbocycles. The van der Waals surface area contributed by atoms with Crippen molar-refractivity contribution in [2.24, 2.45) is 0 Å². The second-order valence-corrected chi connectivity index (χ2v) is 7.26. The zero-order chi connectivity index (χ0) is 20.2. The molecule has 1 N–H and O–H groups in total. The molecule has 2 amide bonds. The molecule has 7 heteroatoms. The van der Waals surface area contributed by atoms with Gasteiger partial charge in [0.25, 0.3) is 5.91 Å². The summed E-state index contributed by atoms with van der Waals surface area (Å²) < 4.78 is 11.3. The van der Waals surface area contributed by atoms with Crippen molar-refractivity contribution in [2.75, 3.05) is 49.6 Å². The molecule has 1 fully saturated rings. The number of hydrogen-bond acceptors (Lipinski definition) is 5. The van der Waals surface area contributed by atoms with Gasteiger partial charge in [-0.25, -0.2) is 0 Å². The van der Waals surface area contributed by atoms with Crippen molar-refractivity contribution in [2.45, 2.75) is 13.0 Å². The van der Waals surface area contributed by atoms with Gasteiger partial charge in [-0.1, -0.05) is 30.3 Å². The number of para-hydroxylation sites is 3. The van der Waals surface area contributed by atoms with E-state index in [0.717, 1.165) is 16.9 Å². The van der Waals surface area contributed by atoms with Crippen LogP contribution in [0.4, 0.5) is 11.4 Å². The summed E-state index contributed by atoms with van der Waals surface area (Å²) in [5, 5.41) is 2.96. The van der Waals surface area contributed by atoms with Crippen LogP contribution in [-0.4, -0.2) is 62.2 Å². The Kier molecular flexibility index (Phi) is 5.67. The van der Waals surface area contributed by atoms with Crippen LogP contribution >= 0.6 is 0 Å². The maximum Gasteiger partial charge on any atom is 0.265 e. The van der Waals surface area contributed by atoms with E-state index in [1.807, 2.05) is 60.4 Å². The monoisotopic (exact) mass is 395 g/mol. The zero-order valence-corrected chi connectivity index (χ0v) is 16.5. The minimum Gasteiger partial charge on any atom is -0.477 e. The van der Waals surface area contributed by atoms with Crippen LogP contribution in [-0.2, 0) is 14.3 Å². The highest BCUT2D eigenvalue weighted by Crippen LogP contribution is 2.33. The average Bonchev–Trinajstić information content (AvgIpc) is 2.75. The number of aryl methyl sites for hydroxylation is 1. The first-order valence-electron chi connectivity index (χ1n) is 9.84. The molecule has 152 valence electrons. The number of nitrogens with one attached hydrogen (secondary N) is 1.